The van der Waals surface area contributed by atoms with Crippen molar-refractivity contribution in [3.8, 4) is 0 Å². The molecule has 0 aliphatic carbocycles. The van der Waals surface area contributed by atoms with E-state index in [0.29, 0.717) is 31.1 Å². The lowest BCUT2D eigenvalue weighted by Gasteiger charge is -2.35. The standard InChI is InChI=1S/C19H36F3N5.HI/c1-15(2)27-12-7-17(8-13-27)25-18(23-3)24-9-4-16-5-10-26(11-6-16)14-19(20,21)22;/h15-17H,4-14H2,1-3H3,(H2,23,24,25);1H. The highest BCUT2D eigenvalue weighted by atomic mass is 127. The van der Waals surface area contributed by atoms with Gasteiger partial charge in [0.05, 0.1) is 6.54 Å². The van der Waals surface area contributed by atoms with E-state index in [2.05, 4.69) is 34.4 Å². The average molecular weight is 519 g/mol. The predicted molar refractivity (Wildman–Crippen MR) is 119 cm³/mol. The fourth-order valence-corrected chi connectivity index (χ4v) is 4.03. The van der Waals surface area contributed by atoms with Crippen LogP contribution in [0, 0.1) is 5.92 Å². The van der Waals surface area contributed by atoms with Crippen molar-refractivity contribution >= 4 is 29.9 Å². The van der Waals surface area contributed by atoms with Crippen molar-refractivity contribution in [2.24, 2.45) is 10.9 Å². The van der Waals surface area contributed by atoms with Crippen LogP contribution in [0.15, 0.2) is 4.99 Å². The number of rotatable bonds is 6. The normalized spacial score (nSPS) is 21.6. The second-order valence-electron chi connectivity index (χ2n) is 8.17. The molecule has 2 aliphatic rings. The summed E-state index contributed by atoms with van der Waals surface area (Å²) in [6.07, 6.45) is 0.826. The van der Waals surface area contributed by atoms with Crippen LogP contribution < -0.4 is 10.6 Å². The Bertz CT molecular complexity index is 457. The van der Waals surface area contributed by atoms with Gasteiger partial charge >= 0.3 is 6.18 Å². The molecule has 0 spiro atoms. The molecule has 0 bridgehead atoms. The fraction of sp³-hybridized carbons (Fsp3) is 0.947. The molecule has 28 heavy (non-hydrogen) atoms. The van der Waals surface area contributed by atoms with Gasteiger partial charge in [0, 0.05) is 38.8 Å². The van der Waals surface area contributed by atoms with Gasteiger partial charge in [-0.3, -0.25) is 9.89 Å². The molecule has 0 amide bonds. The first-order valence-corrected chi connectivity index (χ1v) is 10.3. The van der Waals surface area contributed by atoms with Crippen molar-refractivity contribution in [1.82, 2.24) is 20.4 Å². The van der Waals surface area contributed by atoms with Crippen LogP contribution in [0.5, 0.6) is 0 Å². The molecule has 2 N–H and O–H groups in total. The van der Waals surface area contributed by atoms with E-state index in [0.717, 1.165) is 57.7 Å². The van der Waals surface area contributed by atoms with Crippen molar-refractivity contribution in [3.05, 3.63) is 0 Å². The van der Waals surface area contributed by atoms with Crippen LogP contribution in [0.25, 0.3) is 0 Å². The Morgan fingerprint density at radius 2 is 1.68 bits per heavy atom. The lowest BCUT2D eigenvalue weighted by atomic mass is 9.93. The number of hydrogen-bond acceptors (Lipinski definition) is 3. The molecule has 0 aromatic heterocycles. The predicted octanol–water partition coefficient (Wildman–Crippen LogP) is 3.31. The third-order valence-electron chi connectivity index (χ3n) is 5.78. The van der Waals surface area contributed by atoms with Crippen molar-refractivity contribution in [2.45, 2.75) is 64.2 Å². The minimum absolute atomic E-state index is 0. The van der Waals surface area contributed by atoms with E-state index in [-0.39, 0.29) is 24.0 Å². The van der Waals surface area contributed by atoms with Gasteiger partial charge in [-0.15, -0.1) is 24.0 Å². The highest BCUT2D eigenvalue weighted by Gasteiger charge is 2.32. The summed E-state index contributed by atoms with van der Waals surface area (Å²) in [5.41, 5.74) is 0. The highest BCUT2D eigenvalue weighted by molar-refractivity contribution is 14.0. The van der Waals surface area contributed by atoms with Gasteiger partial charge in [0.15, 0.2) is 5.96 Å². The first-order chi connectivity index (χ1) is 12.8. The van der Waals surface area contributed by atoms with E-state index in [1.165, 1.54) is 4.90 Å². The van der Waals surface area contributed by atoms with E-state index >= 15 is 0 Å². The van der Waals surface area contributed by atoms with Gasteiger partial charge in [-0.25, -0.2) is 0 Å². The summed E-state index contributed by atoms with van der Waals surface area (Å²) in [4.78, 5) is 8.34. The SMILES string of the molecule is CN=C(NCCC1CCN(CC(F)(F)F)CC1)NC1CCN(C(C)C)CC1.I. The zero-order chi connectivity index (χ0) is 19.9. The van der Waals surface area contributed by atoms with Gasteiger partial charge in [0.2, 0.25) is 0 Å². The number of piperidine rings is 2. The lowest BCUT2D eigenvalue weighted by Crippen LogP contribution is -2.50. The lowest BCUT2D eigenvalue weighted by molar-refractivity contribution is -0.148. The monoisotopic (exact) mass is 519 g/mol. The number of halogens is 4. The third kappa shape index (κ3) is 9.47. The Morgan fingerprint density at radius 3 is 2.18 bits per heavy atom. The summed E-state index contributed by atoms with van der Waals surface area (Å²) >= 11 is 0. The van der Waals surface area contributed by atoms with Crippen molar-refractivity contribution in [3.63, 3.8) is 0 Å². The van der Waals surface area contributed by atoms with E-state index in [1.807, 2.05) is 0 Å². The highest BCUT2D eigenvalue weighted by Crippen LogP contribution is 2.24. The number of likely N-dealkylation sites (tertiary alicyclic amines) is 2. The van der Waals surface area contributed by atoms with Gasteiger partial charge in [-0.1, -0.05) is 0 Å². The van der Waals surface area contributed by atoms with E-state index in [1.54, 1.807) is 7.05 Å². The van der Waals surface area contributed by atoms with Gasteiger partial charge in [-0.2, -0.15) is 13.2 Å². The third-order valence-corrected chi connectivity index (χ3v) is 5.78. The van der Waals surface area contributed by atoms with Gasteiger partial charge in [0.25, 0.3) is 0 Å². The smallest absolute Gasteiger partial charge is 0.356 e. The molecular weight excluding hydrogens is 482 g/mol. The number of guanidine groups is 1. The van der Waals surface area contributed by atoms with Crippen LogP contribution in [-0.4, -0.2) is 80.3 Å². The molecule has 2 aliphatic heterocycles. The van der Waals surface area contributed by atoms with Crippen molar-refractivity contribution in [2.75, 3.05) is 46.3 Å². The first kappa shape index (κ1) is 25.7. The molecule has 2 saturated heterocycles. The number of alkyl halides is 3. The molecule has 0 aromatic carbocycles. The molecule has 5 nitrogen and oxygen atoms in total. The van der Waals surface area contributed by atoms with Crippen LogP contribution in [-0.2, 0) is 0 Å². The van der Waals surface area contributed by atoms with Crippen LogP contribution >= 0.6 is 24.0 Å². The molecule has 0 aromatic rings. The molecule has 2 rings (SSSR count). The second-order valence-corrected chi connectivity index (χ2v) is 8.17. The van der Waals surface area contributed by atoms with Crippen LogP contribution in [0.4, 0.5) is 13.2 Å². The van der Waals surface area contributed by atoms with E-state index in [9.17, 15) is 13.2 Å². The molecular formula is C19H37F3IN5. The molecule has 166 valence electrons. The summed E-state index contributed by atoms with van der Waals surface area (Å²) in [7, 11) is 1.79. The fourth-order valence-electron chi connectivity index (χ4n) is 4.03. The maximum atomic E-state index is 12.4. The minimum Gasteiger partial charge on any atom is -0.356 e. The zero-order valence-corrected chi connectivity index (χ0v) is 19.7. The first-order valence-electron chi connectivity index (χ1n) is 10.3. The van der Waals surface area contributed by atoms with Crippen LogP contribution in [0.1, 0.15) is 46.0 Å². The van der Waals surface area contributed by atoms with Crippen LogP contribution in [0.3, 0.4) is 0 Å². The van der Waals surface area contributed by atoms with Gasteiger partial charge < -0.3 is 15.5 Å². The molecule has 2 fully saturated rings. The number of nitrogens with one attached hydrogen (secondary N) is 2. The molecule has 2 heterocycles. The van der Waals surface area contributed by atoms with Gasteiger partial charge in [-0.05, 0) is 65.0 Å². The average Bonchev–Trinajstić information content (AvgIpc) is 2.61. The Kier molecular flexibility index (Phi) is 11.4. The summed E-state index contributed by atoms with van der Waals surface area (Å²) in [6.45, 7) is 7.84. The number of hydrogen-bond donors (Lipinski definition) is 2. The van der Waals surface area contributed by atoms with Crippen LogP contribution in [0.2, 0.25) is 0 Å². The topological polar surface area (TPSA) is 42.9 Å². The maximum absolute atomic E-state index is 12.4. The maximum Gasteiger partial charge on any atom is 0.401 e. The Labute approximate surface area is 184 Å². The molecule has 0 atom stereocenters. The molecule has 0 unspecified atom stereocenters. The molecule has 0 radical (unpaired) electrons. The Morgan fingerprint density at radius 1 is 1.07 bits per heavy atom. The summed E-state index contributed by atoms with van der Waals surface area (Å²) < 4.78 is 37.3. The van der Waals surface area contributed by atoms with Crippen molar-refractivity contribution < 1.29 is 13.2 Å². The van der Waals surface area contributed by atoms with Crippen molar-refractivity contribution in [1.29, 1.82) is 0 Å². The number of nitrogens with zero attached hydrogens (tertiary/aromatic N) is 3. The zero-order valence-electron chi connectivity index (χ0n) is 17.4. The summed E-state index contributed by atoms with van der Waals surface area (Å²) in [5.74, 6) is 1.34. The van der Waals surface area contributed by atoms with E-state index in [4.69, 9.17) is 0 Å². The largest absolute Gasteiger partial charge is 0.401 e. The summed E-state index contributed by atoms with van der Waals surface area (Å²) in [6, 6.07) is 1.06. The number of aliphatic imine (C=N–C) groups is 1. The Hall–Kier alpha value is -0.290. The van der Waals surface area contributed by atoms with E-state index < -0.39 is 12.7 Å². The molecule has 9 heteroatoms. The molecule has 0 saturated carbocycles. The van der Waals surface area contributed by atoms with Gasteiger partial charge in [0.1, 0.15) is 0 Å². The quantitative estimate of drug-likeness (QED) is 0.321. The minimum atomic E-state index is -4.09. The summed E-state index contributed by atoms with van der Waals surface area (Å²) in [5, 5.41) is 6.89. The second kappa shape index (κ2) is 12.4. The Balaban J connectivity index is 0.00000392.